The van der Waals surface area contributed by atoms with Crippen molar-refractivity contribution in [2.24, 2.45) is 0 Å². The number of anilines is 2. The molecule has 0 aliphatic heterocycles. The van der Waals surface area contributed by atoms with E-state index in [4.69, 9.17) is 11.6 Å². The van der Waals surface area contributed by atoms with Crippen LogP contribution in [0.3, 0.4) is 0 Å². The minimum absolute atomic E-state index is 0.165. The molecular weight excluding hydrogens is 326 g/mol. The summed E-state index contributed by atoms with van der Waals surface area (Å²) in [6.45, 7) is 3.32. The molecule has 0 atom stereocenters. The fourth-order valence-corrected chi connectivity index (χ4v) is 2.78. The molecule has 3 rings (SSSR count). The number of hydrogen-bond donors (Lipinski definition) is 3. The maximum atomic E-state index is 12.6. The first-order valence-corrected chi connectivity index (χ1v) is 7.78. The summed E-state index contributed by atoms with van der Waals surface area (Å²) < 4.78 is 0. The van der Waals surface area contributed by atoms with Crippen LogP contribution < -0.4 is 10.6 Å². The van der Waals surface area contributed by atoms with E-state index in [-0.39, 0.29) is 11.8 Å². The molecule has 0 radical (unpaired) electrons. The highest BCUT2D eigenvalue weighted by atomic mass is 35.5. The number of carbonyl (C=O) groups excluding carboxylic acids is 2. The van der Waals surface area contributed by atoms with Gasteiger partial charge in [-0.3, -0.25) is 9.59 Å². The van der Waals surface area contributed by atoms with Crippen molar-refractivity contribution in [3.63, 3.8) is 0 Å². The van der Waals surface area contributed by atoms with Gasteiger partial charge in [0.25, 0.3) is 5.91 Å². The van der Waals surface area contributed by atoms with Crippen molar-refractivity contribution in [1.29, 1.82) is 0 Å². The average Bonchev–Trinajstić information content (AvgIpc) is 2.83. The molecular formula is C18H16ClN3O2. The molecule has 0 bridgehead atoms. The van der Waals surface area contributed by atoms with Gasteiger partial charge in [0.1, 0.15) is 5.69 Å². The molecule has 3 aromatic rings. The van der Waals surface area contributed by atoms with Crippen LogP contribution >= 0.6 is 11.6 Å². The molecule has 2 aromatic carbocycles. The fourth-order valence-electron chi connectivity index (χ4n) is 2.61. The van der Waals surface area contributed by atoms with Gasteiger partial charge in [-0.1, -0.05) is 23.7 Å². The van der Waals surface area contributed by atoms with Crippen molar-refractivity contribution in [2.45, 2.75) is 13.8 Å². The Bertz CT molecular complexity index is 947. The van der Waals surface area contributed by atoms with E-state index in [0.717, 1.165) is 16.5 Å². The number of aromatic amines is 1. The average molecular weight is 342 g/mol. The SMILES string of the molecule is CC(=O)Nc1cccc(NC(=O)c2[nH]c3cc(Cl)ccc3c2C)c1. The maximum absolute atomic E-state index is 12.6. The lowest BCUT2D eigenvalue weighted by molar-refractivity contribution is -0.114. The van der Waals surface area contributed by atoms with Gasteiger partial charge in [-0.15, -0.1) is 0 Å². The van der Waals surface area contributed by atoms with Crippen molar-refractivity contribution >= 4 is 45.7 Å². The summed E-state index contributed by atoms with van der Waals surface area (Å²) in [5.74, 6) is -0.415. The van der Waals surface area contributed by atoms with E-state index < -0.39 is 0 Å². The van der Waals surface area contributed by atoms with Crippen LogP contribution in [0.1, 0.15) is 23.0 Å². The molecule has 5 nitrogen and oxygen atoms in total. The Balaban J connectivity index is 1.87. The topological polar surface area (TPSA) is 74.0 Å². The Hall–Kier alpha value is -2.79. The summed E-state index contributed by atoms with van der Waals surface area (Å²) in [6, 6.07) is 12.5. The summed E-state index contributed by atoms with van der Waals surface area (Å²) in [4.78, 5) is 26.8. The number of H-pyrrole nitrogens is 1. The normalized spacial score (nSPS) is 10.6. The lowest BCUT2D eigenvalue weighted by Crippen LogP contribution is -2.14. The van der Waals surface area contributed by atoms with Crippen LogP contribution in [-0.2, 0) is 4.79 Å². The first-order chi connectivity index (χ1) is 11.4. The van der Waals surface area contributed by atoms with Crippen LogP contribution in [0.15, 0.2) is 42.5 Å². The zero-order valence-electron chi connectivity index (χ0n) is 13.2. The van der Waals surface area contributed by atoms with Crippen LogP contribution in [0.4, 0.5) is 11.4 Å². The number of aryl methyl sites for hydroxylation is 1. The number of halogens is 1. The predicted molar refractivity (Wildman–Crippen MR) is 96.7 cm³/mol. The molecule has 0 aliphatic rings. The summed E-state index contributed by atoms with van der Waals surface area (Å²) in [5.41, 5.74) is 3.38. The molecule has 0 fully saturated rings. The van der Waals surface area contributed by atoms with Crippen molar-refractivity contribution < 1.29 is 9.59 Å². The monoisotopic (exact) mass is 341 g/mol. The number of fused-ring (bicyclic) bond motifs is 1. The third-order valence-electron chi connectivity index (χ3n) is 3.69. The Morgan fingerprint density at radius 3 is 2.46 bits per heavy atom. The number of carbonyl (C=O) groups is 2. The van der Waals surface area contributed by atoms with E-state index >= 15 is 0 Å². The Morgan fingerprint density at radius 1 is 1.04 bits per heavy atom. The van der Waals surface area contributed by atoms with E-state index in [0.29, 0.717) is 22.1 Å². The fraction of sp³-hybridized carbons (Fsp3) is 0.111. The second-order valence-corrected chi connectivity index (χ2v) is 5.97. The van der Waals surface area contributed by atoms with Crippen LogP contribution in [0.25, 0.3) is 10.9 Å². The molecule has 6 heteroatoms. The molecule has 0 spiro atoms. The second-order valence-electron chi connectivity index (χ2n) is 5.53. The van der Waals surface area contributed by atoms with E-state index in [2.05, 4.69) is 15.6 Å². The smallest absolute Gasteiger partial charge is 0.272 e. The van der Waals surface area contributed by atoms with Crippen LogP contribution in [-0.4, -0.2) is 16.8 Å². The van der Waals surface area contributed by atoms with Gasteiger partial charge >= 0.3 is 0 Å². The summed E-state index contributed by atoms with van der Waals surface area (Å²) in [5, 5.41) is 7.08. The quantitative estimate of drug-likeness (QED) is 0.663. The molecule has 0 saturated carbocycles. The maximum Gasteiger partial charge on any atom is 0.272 e. The molecule has 2 amide bonds. The summed E-state index contributed by atoms with van der Waals surface area (Å²) in [7, 11) is 0. The van der Waals surface area contributed by atoms with Gasteiger partial charge in [-0.05, 0) is 42.8 Å². The van der Waals surface area contributed by atoms with Crippen molar-refractivity contribution in [3.05, 3.63) is 58.7 Å². The standard InChI is InChI=1S/C18H16ClN3O2/c1-10-15-7-6-12(19)8-16(15)22-17(10)18(24)21-14-5-3-4-13(9-14)20-11(2)23/h3-9,22H,1-2H3,(H,20,23)(H,21,24). The summed E-state index contributed by atoms with van der Waals surface area (Å²) >= 11 is 5.99. The number of amides is 2. The first-order valence-electron chi connectivity index (χ1n) is 7.41. The number of aromatic nitrogens is 1. The highest BCUT2D eigenvalue weighted by molar-refractivity contribution is 6.31. The molecule has 1 aromatic heterocycles. The van der Waals surface area contributed by atoms with Gasteiger partial charge in [-0.2, -0.15) is 0 Å². The van der Waals surface area contributed by atoms with Crippen LogP contribution in [0.5, 0.6) is 0 Å². The first kappa shape index (κ1) is 16.1. The van der Waals surface area contributed by atoms with Crippen molar-refractivity contribution in [3.8, 4) is 0 Å². The summed E-state index contributed by atoms with van der Waals surface area (Å²) in [6.07, 6.45) is 0. The van der Waals surface area contributed by atoms with Crippen molar-refractivity contribution in [2.75, 3.05) is 10.6 Å². The second kappa shape index (κ2) is 6.37. The number of hydrogen-bond acceptors (Lipinski definition) is 2. The van der Waals surface area contributed by atoms with Crippen molar-refractivity contribution in [1.82, 2.24) is 4.98 Å². The molecule has 3 N–H and O–H groups in total. The van der Waals surface area contributed by atoms with E-state index in [1.54, 1.807) is 36.4 Å². The number of benzene rings is 2. The minimum Gasteiger partial charge on any atom is -0.350 e. The van der Waals surface area contributed by atoms with Gasteiger partial charge < -0.3 is 15.6 Å². The Labute approximate surface area is 144 Å². The Morgan fingerprint density at radius 2 is 1.75 bits per heavy atom. The lowest BCUT2D eigenvalue weighted by Gasteiger charge is -2.07. The molecule has 1 heterocycles. The molecule has 24 heavy (non-hydrogen) atoms. The third-order valence-corrected chi connectivity index (χ3v) is 3.92. The van der Waals surface area contributed by atoms with E-state index in [1.807, 2.05) is 13.0 Å². The Kier molecular flexibility index (Phi) is 4.27. The predicted octanol–water partition coefficient (Wildman–Crippen LogP) is 4.34. The van der Waals surface area contributed by atoms with Gasteiger partial charge in [0.15, 0.2) is 0 Å². The third kappa shape index (κ3) is 3.26. The molecule has 0 saturated heterocycles. The highest BCUT2D eigenvalue weighted by Crippen LogP contribution is 2.25. The number of nitrogens with one attached hydrogen (secondary N) is 3. The molecule has 0 unspecified atom stereocenters. The van der Waals surface area contributed by atoms with E-state index in [9.17, 15) is 9.59 Å². The molecule has 122 valence electrons. The number of rotatable bonds is 3. The van der Waals surface area contributed by atoms with Gasteiger partial charge in [-0.25, -0.2) is 0 Å². The zero-order chi connectivity index (χ0) is 17.3. The van der Waals surface area contributed by atoms with E-state index in [1.165, 1.54) is 6.92 Å². The van der Waals surface area contributed by atoms with Gasteiger partial charge in [0.05, 0.1) is 0 Å². The van der Waals surface area contributed by atoms with Gasteiger partial charge in [0.2, 0.25) is 5.91 Å². The largest absolute Gasteiger partial charge is 0.350 e. The molecule has 0 aliphatic carbocycles. The lowest BCUT2D eigenvalue weighted by atomic mass is 10.1. The highest BCUT2D eigenvalue weighted by Gasteiger charge is 2.15. The van der Waals surface area contributed by atoms with Gasteiger partial charge in [0, 0.05) is 34.2 Å². The van der Waals surface area contributed by atoms with Crippen LogP contribution in [0, 0.1) is 6.92 Å². The zero-order valence-corrected chi connectivity index (χ0v) is 14.0. The van der Waals surface area contributed by atoms with Crippen LogP contribution in [0.2, 0.25) is 5.02 Å². The minimum atomic E-state index is -0.250.